The first-order valence-electron chi connectivity index (χ1n) is 9.66. The Kier molecular flexibility index (Phi) is 6.87. The molecule has 2 unspecified atom stereocenters. The van der Waals surface area contributed by atoms with Gasteiger partial charge in [0.05, 0.1) is 0 Å². The number of rotatable bonds is 6. The summed E-state index contributed by atoms with van der Waals surface area (Å²) in [4.78, 5) is 0. The molecule has 1 aliphatic carbocycles. The van der Waals surface area contributed by atoms with Gasteiger partial charge in [-0.3, -0.25) is 0 Å². The van der Waals surface area contributed by atoms with Gasteiger partial charge in [0, 0.05) is 0 Å². The minimum absolute atomic E-state index is 0.295. The Hall–Kier alpha value is -0.357. The van der Waals surface area contributed by atoms with E-state index in [1.54, 1.807) is 0 Å². The average Bonchev–Trinajstić information content (AvgIpc) is 3.06. The van der Waals surface area contributed by atoms with Crippen molar-refractivity contribution < 1.29 is 19.4 Å². The van der Waals surface area contributed by atoms with Gasteiger partial charge in [-0.05, 0) is 0 Å². The maximum absolute atomic E-state index is 6.66. The number of hydrogen-bond donors (Lipinski definition) is 0. The fraction of sp³-hybridized carbons (Fsp3) is 0.391. The summed E-state index contributed by atoms with van der Waals surface area (Å²) >= 11 is -2.47. The molecule has 2 aromatic carbocycles. The average molecular weight is 466 g/mol. The predicted molar refractivity (Wildman–Crippen MR) is 113 cm³/mol. The number of benzene rings is 2. The molecule has 0 amide bonds. The van der Waals surface area contributed by atoms with E-state index in [9.17, 15) is 0 Å². The molecular formula is C23H27Cl2Zr. The second-order valence-electron chi connectivity index (χ2n) is 7.14. The summed E-state index contributed by atoms with van der Waals surface area (Å²) in [6.45, 7) is 9.04. The van der Waals surface area contributed by atoms with E-state index in [2.05, 4.69) is 70.2 Å². The van der Waals surface area contributed by atoms with Gasteiger partial charge in [-0.25, -0.2) is 0 Å². The third-order valence-electron chi connectivity index (χ3n) is 5.77. The second-order valence-corrected chi connectivity index (χ2v) is 15.9. The summed E-state index contributed by atoms with van der Waals surface area (Å²) < 4.78 is 0.295. The third kappa shape index (κ3) is 3.65. The van der Waals surface area contributed by atoms with E-state index < -0.39 is 19.4 Å². The SMILES string of the molecule is CCc1ccccc1-c1c(CC)ccc2c1C=C(C(C)CC)[CH]2[Zr]([Cl])[Cl]. The maximum atomic E-state index is 6.66. The fourth-order valence-electron chi connectivity index (χ4n) is 4.11. The van der Waals surface area contributed by atoms with Gasteiger partial charge >= 0.3 is 174 Å². The second kappa shape index (κ2) is 8.77. The molecule has 137 valence electrons. The Morgan fingerprint density at radius 1 is 0.962 bits per heavy atom. The molecule has 1 aliphatic rings. The Balaban J connectivity index is 2.29. The van der Waals surface area contributed by atoms with Crippen LogP contribution in [0.15, 0.2) is 42.0 Å². The molecule has 0 radical (unpaired) electrons. The van der Waals surface area contributed by atoms with Gasteiger partial charge in [0.2, 0.25) is 0 Å². The van der Waals surface area contributed by atoms with E-state index in [1.165, 1.54) is 39.0 Å². The van der Waals surface area contributed by atoms with Gasteiger partial charge in [0.15, 0.2) is 0 Å². The van der Waals surface area contributed by atoms with Crippen LogP contribution in [0.25, 0.3) is 17.2 Å². The topological polar surface area (TPSA) is 0 Å². The molecule has 0 aliphatic heterocycles. The van der Waals surface area contributed by atoms with Crippen molar-refractivity contribution in [2.45, 2.75) is 50.6 Å². The van der Waals surface area contributed by atoms with E-state index in [0.717, 1.165) is 19.3 Å². The molecule has 2 aromatic rings. The molecule has 0 heterocycles. The van der Waals surface area contributed by atoms with Gasteiger partial charge < -0.3 is 0 Å². The number of allylic oxidation sites excluding steroid dienone is 1. The van der Waals surface area contributed by atoms with Crippen LogP contribution in [0.5, 0.6) is 0 Å². The molecule has 0 spiro atoms. The molecule has 0 bridgehead atoms. The van der Waals surface area contributed by atoms with E-state index in [1.807, 2.05) is 0 Å². The van der Waals surface area contributed by atoms with E-state index in [0.29, 0.717) is 9.54 Å². The predicted octanol–water partition coefficient (Wildman–Crippen LogP) is 7.89. The number of halogens is 2. The van der Waals surface area contributed by atoms with Crippen LogP contribution in [0.3, 0.4) is 0 Å². The third-order valence-corrected chi connectivity index (χ3v) is 11.0. The Morgan fingerprint density at radius 3 is 2.27 bits per heavy atom. The number of fused-ring (bicyclic) bond motifs is 1. The minimum atomic E-state index is -2.47. The standard InChI is InChI=1S/C23H27.2ClH.Zr/c1-5-16(4)20-14-19-13-12-18(7-3)23(22(19)15-20)21-11-9-8-10-17(21)6-2;;;/h8-16H,5-7H2,1-4H3;2*1H;/q;;;+2/p-2. The van der Waals surface area contributed by atoms with Crippen molar-refractivity contribution >= 4 is 23.1 Å². The molecule has 2 atom stereocenters. The van der Waals surface area contributed by atoms with Gasteiger partial charge in [-0.1, -0.05) is 0 Å². The number of aryl methyl sites for hydroxylation is 2. The molecule has 3 heteroatoms. The summed E-state index contributed by atoms with van der Waals surface area (Å²) in [5.74, 6) is 0.528. The zero-order valence-corrected chi connectivity index (χ0v) is 20.0. The molecule has 0 N–H and O–H groups in total. The van der Waals surface area contributed by atoms with Crippen molar-refractivity contribution in [1.82, 2.24) is 0 Å². The summed E-state index contributed by atoms with van der Waals surface area (Å²) in [7, 11) is 13.3. The van der Waals surface area contributed by atoms with Crippen LogP contribution < -0.4 is 0 Å². The van der Waals surface area contributed by atoms with Crippen molar-refractivity contribution in [2.24, 2.45) is 5.92 Å². The molecule has 0 saturated heterocycles. The van der Waals surface area contributed by atoms with E-state index in [4.69, 9.17) is 17.0 Å². The first kappa shape index (κ1) is 20.4. The molecule has 26 heavy (non-hydrogen) atoms. The Bertz CT molecular complexity index is 823. The van der Waals surface area contributed by atoms with Crippen LogP contribution >= 0.6 is 17.0 Å². The first-order chi connectivity index (χ1) is 12.5. The Morgan fingerprint density at radius 2 is 1.65 bits per heavy atom. The van der Waals surface area contributed by atoms with Gasteiger partial charge in [-0.15, -0.1) is 0 Å². The zero-order valence-electron chi connectivity index (χ0n) is 16.1. The zero-order chi connectivity index (χ0) is 18.8. The monoisotopic (exact) mass is 463 g/mol. The van der Waals surface area contributed by atoms with Crippen molar-refractivity contribution in [3.8, 4) is 11.1 Å². The van der Waals surface area contributed by atoms with Crippen molar-refractivity contribution in [1.29, 1.82) is 0 Å². The molecule has 0 saturated carbocycles. The molecule has 0 fully saturated rings. The van der Waals surface area contributed by atoms with Crippen molar-refractivity contribution in [3.63, 3.8) is 0 Å². The van der Waals surface area contributed by atoms with Crippen LogP contribution in [0.1, 0.15) is 60.0 Å². The molecule has 0 nitrogen and oxygen atoms in total. The Labute approximate surface area is 173 Å². The molecule has 0 aromatic heterocycles. The molecular weight excluding hydrogens is 438 g/mol. The van der Waals surface area contributed by atoms with Crippen LogP contribution in [-0.4, -0.2) is 0 Å². The summed E-state index contributed by atoms with van der Waals surface area (Å²) in [6, 6.07) is 13.4. The van der Waals surface area contributed by atoms with Crippen LogP contribution in [0.4, 0.5) is 0 Å². The molecule has 3 rings (SSSR count). The van der Waals surface area contributed by atoms with E-state index in [-0.39, 0.29) is 0 Å². The fourth-order valence-corrected chi connectivity index (χ4v) is 9.71. The summed E-state index contributed by atoms with van der Waals surface area (Å²) in [6.07, 6.45) is 5.63. The quantitative estimate of drug-likeness (QED) is 0.407. The first-order valence-corrected chi connectivity index (χ1v) is 17.4. The summed E-state index contributed by atoms with van der Waals surface area (Å²) in [5, 5.41) is 0. The van der Waals surface area contributed by atoms with E-state index >= 15 is 0 Å². The van der Waals surface area contributed by atoms with Gasteiger partial charge in [0.1, 0.15) is 0 Å². The van der Waals surface area contributed by atoms with Crippen LogP contribution in [0, 0.1) is 5.92 Å². The van der Waals surface area contributed by atoms with Gasteiger partial charge in [-0.2, -0.15) is 0 Å². The van der Waals surface area contributed by atoms with Gasteiger partial charge in [0.25, 0.3) is 0 Å². The van der Waals surface area contributed by atoms with Crippen molar-refractivity contribution in [2.75, 3.05) is 0 Å². The summed E-state index contributed by atoms with van der Waals surface area (Å²) in [5.41, 5.74) is 9.82. The normalized spacial score (nSPS) is 17.0. The van der Waals surface area contributed by atoms with Crippen LogP contribution in [-0.2, 0) is 32.2 Å². The van der Waals surface area contributed by atoms with Crippen LogP contribution in [0.2, 0.25) is 0 Å². The van der Waals surface area contributed by atoms with Crippen molar-refractivity contribution in [3.05, 3.63) is 64.2 Å². The number of hydrogen-bond acceptors (Lipinski definition) is 0.